The first-order valence-electron chi connectivity index (χ1n) is 7.71. The molecule has 1 aliphatic carbocycles. The molecule has 1 aromatic carbocycles. The van der Waals surface area contributed by atoms with Crippen molar-refractivity contribution in [3.05, 3.63) is 23.8 Å². The zero-order valence-electron chi connectivity index (χ0n) is 13.7. The molecule has 0 saturated heterocycles. The van der Waals surface area contributed by atoms with Crippen molar-refractivity contribution in [3.8, 4) is 0 Å². The summed E-state index contributed by atoms with van der Waals surface area (Å²) in [5, 5.41) is 8.97. The molecule has 0 bridgehead atoms. The van der Waals surface area contributed by atoms with E-state index < -0.39 is 0 Å². The largest absolute Gasteiger partial charge is 0.326 e. The Labute approximate surface area is 131 Å². The van der Waals surface area contributed by atoms with Gasteiger partial charge in [0, 0.05) is 22.8 Å². The highest BCUT2D eigenvalue weighted by atomic mass is 16.2. The molecule has 120 valence electrons. The lowest BCUT2D eigenvalue weighted by Gasteiger charge is -2.20. The molecule has 0 heterocycles. The second kappa shape index (κ2) is 6.48. The molecule has 1 fully saturated rings. The molecule has 1 saturated carbocycles. The van der Waals surface area contributed by atoms with Gasteiger partial charge in [-0.2, -0.15) is 0 Å². The number of rotatable bonds is 5. The summed E-state index contributed by atoms with van der Waals surface area (Å²) in [6.45, 7) is 8.19. The van der Waals surface area contributed by atoms with Gasteiger partial charge in [-0.1, -0.05) is 6.07 Å². The molecule has 3 N–H and O–H groups in total. The van der Waals surface area contributed by atoms with Crippen molar-refractivity contribution < 1.29 is 9.59 Å². The molecule has 1 aliphatic rings. The standard InChI is InChI=1S/C17H25N3O2/c1-11-13(19-15(21)10-18-17(2,3)4)6-5-7-14(11)20-16(22)12-8-9-12/h5-7,12,18H,8-10H2,1-4H3,(H,19,21)(H,20,22). The fourth-order valence-corrected chi connectivity index (χ4v) is 2.03. The van der Waals surface area contributed by atoms with E-state index in [1.165, 1.54) is 0 Å². The Balaban J connectivity index is 1.98. The average molecular weight is 303 g/mol. The lowest BCUT2D eigenvalue weighted by molar-refractivity contribution is -0.117. The number of hydrogen-bond donors (Lipinski definition) is 3. The SMILES string of the molecule is Cc1c(NC(=O)CNC(C)(C)C)cccc1NC(=O)C1CC1. The van der Waals surface area contributed by atoms with Crippen LogP contribution < -0.4 is 16.0 Å². The van der Waals surface area contributed by atoms with Gasteiger partial charge in [-0.25, -0.2) is 0 Å². The smallest absolute Gasteiger partial charge is 0.238 e. The zero-order valence-corrected chi connectivity index (χ0v) is 13.7. The van der Waals surface area contributed by atoms with Crippen LogP contribution in [0.15, 0.2) is 18.2 Å². The molecule has 0 aliphatic heterocycles. The molecule has 0 atom stereocenters. The lowest BCUT2D eigenvalue weighted by atomic mass is 10.1. The van der Waals surface area contributed by atoms with Crippen molar-refractivity contribution in [1.82, 2.24) is 5.32 Å². The van der Waals surface area contributed by atoms with E-state index in [0.717, 1.165) is 29.8 Å². The maximum absolute atomic E-state index is 12.0. The summed E-state index contributed by atoms with van der Waals surface area (Å²) < 4.78 is 0. The number of nitrogens with one attached hydrogen (secondary N) is 3. The first-order chi connectivity index (χ1) is 10.3. The quantitative estimate of drug-likeness (QED) is 0.783. The van der Waals surface area contributed by atoms with Crippen LogP contribution >= 0.6 is 0 Å². The third kappa shape index (κ3) is 4.84. The summed E-state index contributed by atoms with van der Waals surface area (Å²) in [5.74, 6) is 0.137. The molecule has 0 aromatic heterocycles. The van der Waals surface area contributed by atoms with Crippen LogP contribution in [-0.4, -0.2) is 23.9 Å². The number of anilines is 2. The normalized spacial score (nSPS) is 14.5. The van der Waals surface area contributed by atoms with Crippen molar-refractivity contribution in [3.63, 3.8) is 0 Å². The van der Waals surface area contributed by atoms with Gasteiger partial charge in [-0.15, -0.1) is 0 Å². The fourth-order valence-electron chi connectivity index (χ4n) is 2.03. The van der Waals surface area contributed by atoms with E-state index in [9.17, 15) is 9.59 Å². The van der Waals surface area contributed by atoms with Crippen LogP contribution in [0.1, 0.15) is 39.2 Å². The van der Waals surface area contributed by atoms with E-state index in [2.05, 4.69) is 16.0 Å². The Morgan fingerprint density at radius 2 is 1.73 bits per heavy atom. The van der Waals surface area contributed by atoms with E-state index in [1.807, 2.05) is 45.9 Å². The van der Waals surface area contributed by atoms with Crippen molar-refractivity contribution in [2.24, 2.45) is 5.92 Å². The van der Waals surface area contributed by atoms with Gasteiger partial charge in [0.2, 0.25) is 11.8 Å². The maximum Gasteiger partial charge on any atom is 0.238 e. The molecule has 0 spiro atoms. The second-order valence-electron chi connectivity index (χ2n) is 6.89. The summed E-state index contributed by atoms with van der Waals surface area (Å²) in [4.78, 5) is 23.9. The first kappa shape index (κ1) is 16.5. The zero-order chi connectivity index (χ0) is 16.3. The highest BCUT2D eigenvalue weighted by molar-refractivity contribution is 5.97. The number of carbonyl (C=O) groups excluding carboxylic acids is 2. The monoisotopic (exact) mass is 303 g/mol. The first-order valence-corrected chi connectivity index (χ1v) is 7.71. The molecular formula is C17H25N3O2. The molecule has 5 nitrogen and oxygen atoms in total. The molecule has 2 amide bonds. The van der Waals surface area contributed by atoms with Gasteiger partial charge in [0.1, 0.15) is 0 Å². The highest BCUT2D eigenvalue weighted by Gasteiger charge is 2.29. The van der Waals surface area contributed by atoms with Crippen molar-refractivity contribution in [1.29, 1.82) is 0 Å². The summed E-state index contributed by atoms with van der Waals surface area (Å²) in [5.41, 5.74) is 2.26. The molecule has 5 heteroatoms. The Morgan fingerprint density at radius 3 is 2.27 bits per heavy atom. The highest BCUT2D eigenvalue weighted by Crippen LogP contribution is 2.31. The minimum absolute atomic E-state index is 0.0703. The third-order valence-electron chi connectivity index (χ3n) is 3.59. The van der Waals surface area contributed by atoms with E-state index >= 15 is 0 Å². The number of benzene rings is 1. The molecule has 1 aromatic rings. The van der Waals surface area contributed by atoms with Crippen LogP contribution in [-0.2, 0) is 9.59 Å². The van der Waals surface area contributed by atoms with Crippen LogP contribution in [0.25, 0.3) is 0 Å². The molecule has 0 radical (unpaired) electrons. The second-order valence-corrected chi connectivity index (χ2v) is 6.89. The van der Waals surface area contributed by atoms with Crippen LogP contribution in [0.4, 0.5) is 11.4 Å². The van der Waals surface area contributed by atoms with Crippen LogP contribution in [0.5, 0.6) is 0 Å². The molecule has 0 unspecified atom stereocenters. The van der Waals surface area contributed by atoms with Gasteiger partial charge >= 0.3 is 0 Å². The van der Waals surface area contributed by atoms with Crippen LogP contribution in [0.3, 0.4) is 0 Å². The predicted octanol–water partition coefficient (Wildman–Crippen LogP) is 2.67. The van der Waals surface area contributed by atoms with Gasteiger partial charge in [0.25, 0.3) is 0 Å². The van der Waals surface area contributed by atoms with Crippen molar-refractivity contribution in [2.45, 2.75) is 46.1 Å². The van der Waals surface area contributed by atoms with Crippen LogP contribution in [0, 0.1) is 12.8 Å². The van der Waals surface area contributed by atoms with E-state index in [1.54, 1.807) is 0 Å². The summed E-state index contributed by atoms with van der Waals surface area (Å²) >= 11 is 0. The molecule has 2 rings (SSSR count). The topological polar surface area (TPSA) is 70.2 Å². The van der Waals surface area contributed by atoms with Gasteiger partial charge in [-0.3, -0.25) is 9.59 Å². The Hall–Kier alpha value is -1.88. The van der Waals surface area contributed by atoms with E-state index in [4.69, 9.17) is 0 Å². The average Bonchev–Trinajstić information content (AvgIpc) is 3.24. The van der Waals surface area contributed by atoms with E-state index in [-0.39, 0.29) is 29.8 Å². The fraction of sp³-hybridized carbons (Fsp3) is 0.529. The van der Waals surface area contributed by atoms with Gasteiger partial charge in [0.15, 0.2) is 0 Å². The van der Waals surface area contributed by atoms with Crippen LogP contribution in [0.2, 0.25) is 0 Å². The molecule has 22 heavy (non-hydrogen) atoms. The summed E-state index contributed by atoms with van der Waals surface area (Å²) in [7, 11) is 0. The minimum atomic E-state index is -0.105. The Morgan fingerprint density at radius 1 is 1.14 bits per heavy atom. The van der Waals surface area contributed by atoms with E-state index in [0.29, 0.717) is 0 Å². The van der Waals surface area contributed by atoms with Gasteiger partial charge < -0.3 is 16.0 Å². The molecular weight excluding hydrogens is 278 g/mol. The maximum atomic E-state index is 12.0. The van der Waals surface area contributed by atoms with Crippen molar-refractivity contribution in [2.75, 3.05) is 17.2 Å². The number of hydrogen-bond acceptors (Lipinski definition) is 3. The Kier molecular flexibility index (Phi) is 4.86. The predicted molar refractivity (Wildman–Crippen MR) is 88.9 cm³/mol. The van der Waals surface area contributed by atoms with Gasteiger partial charge in [0.05, 0.1) is 6.54 Å². The Bertz CT molecular complexity index is 572. The number of carbonyl (C=O) groups is 2. The number of amides is 2. The summed E-state index contributed by atoms with van der Waals surface area (Å²) in [6.07, 6.45) is 1.94. The van der Waals surface area contributed by atoms with Gasteiger partial charge in [-0.05, 0) is 58.2 Å². The summed E-state index contributed by atoms with van der Waals surface area (Å²) in [6, 6.07) is 5.54. The van der Waals surface area contributed by atoms with Crippen molar-refractivity contribution >= 4 is 23.2 Å². The minimum Gasteiger partial charge on any atom is -0.326 e. The third-order valence-corrected chi connectivity index (χ3v) is 3.59. The lowest BCUT2D eigenvalue weighted by Crippen LogP contribution is -2.41.